The molecule has 2 rings (SSSR count). The van der Waals surface area contributed by atoms with E-state index in [1.165, 1.54) is 10.9 Å². The van der Waals surface area contributed by atoms with Crippen molar-refractivity contribution in [1.29, 1.82) is 0 Å². The van der Waals surface area contributed by atoms with Crippen LogP contribution in [0.25, 0.3) is 5.82 Å². The molecule has 0 aliphatic rings. The highest BCUT2D eigenvalue weighted by molar-refractivity contribution is 6.29. The van der Waals surface area contributed by atoms with E-state index in [-0.39, 0.29) is 0 Å². The van der Waals surface area contributed by atoms with E-state index in [1.807, 2.05) is 0 Å². The lowest BCUT2D eigenvalue weighted by Gasteiger charge is -2.02. The van der Waals surface area contributed by atoms with E-state index >= 15 is 0 Å². The van der Waals surface area contributed by atoms with Gasteiger partial charge in [-0.1, -0.05) is 17.7 Å². The van der Waals surface area contributed by atoms with Gasteiger partial charge in [-0.15, -0.1) is 0 Å². The molecule has 6 heteroatoms. The number of hydrogen-bond donors (Lipinski definition) is 2. The van der Waals surface area contributed by atoms with Crippen molar-refractivity contribution >= 4 is 23.1 Å². The summed E-state index contributed by atoms with van der Waals surface area (Å²) in [5.41, 5.74) is 11.6. The second-order valence-electron chi connectivity index (χ2n) is 2.72. The molecule has 14 heavy (non-hydrogen) atoms. The summed E-state index contributed by atoms with van der Waals surface area (Å²) in [4.78, 5) is 4.05. The lowest BCUT2D eigenvalue weighted by molar-refractivity contribution is 0.857. The summed E-state index contributed by atoms with van der Waals surface area (Å²) < 4.78 is 1.43. The Balaban J connectivity index is 2.55. The highest BCUT2D eigenvalue weighted by atomic mass is 35.5. The minimum atomic E-state index is 0.361. The molecule has 0 atom stereocenters. The molecule has 0 unspecified atom stereocenters. The van der Waals surface area contributed by atoms with Crippen LogP contribution < -0.4 is 11.5 Å². The first kappa shape index (κ1) is 8.83. The first-order valence-electron chi connectivity index (χ1n) is 3.90. The van der Waals surface area contributed by atoms with E-state index in [2.05, 4.69) is 10.1 Å². The van der Waals surface area contributed by atoms with Crippen LogP contribution in [-0.2, 0) is 0 Å². The van der Waals surface area contributed by atoms with Crippen molar-refractivity contribution in [2.24, 2.45) is 0 Å². The predicted octanol–water partition coefficient (Wildman–Crippen LogP) is 1.09. The van der Waals surface area contributed by atoms with Crippen molar-refractivity contribution in [3.63, 3.8) is 0 Å². The minimum absolute atomic E-state index is 0.361. The zero-order valence-corrected chi connectivity index (χ0v) is 7.94. The van der Waals surface area contributed by atoms with E-state index in [4.69, 9.17) is 23.1 Å². The molecule has 0 aromatic carbocycles. The molecule has 0 fully saturated rings. The third-order valence-electron chi connectivity index (χ3n) is 1.75. The van der Waals surface area contributed by atoms with Crippen LogP contribution in [0.1, 0.15) is 0 Å². The van der Waals surface area contributed by atoms with Crippen molar-refractivity contribution < 1.29 is 0 Å². The first-order valence-corrected chi connectivity index (χ1v) is 4.28. The van der Waals surface area contributed by atoms with E-state index in [0.29, 0.717) is 22.5 Å². The molecule has 0 radical (unpaired) electrons. The Morgan fingerprint density at radius 2 is 2.07 bits per heavy atom. The zero-order valence-electron chi connectivity index (χ0n) is 7.18. The van der Waals surface area contributed by atoms with Gasteiger partial charge in [-0.25, -0.2) is 4.98 Å². The fraction of sp³-hybridized carbons (Fsp3) is 0. The van der Waals surface area contributed by atoms with Gasteiger partial charge in [0.25, 0.3) is 0 Å². The highest BCUT2D eigenvalue weighted by Gasteiger charge is 2.06. The summed E-state index contributed by atoms with van der Waals surface area (Å²) in [5, 5.41) is 4.36. The van der Waals surface area contributed by atoms with Crippen LogP contribution in [0.4, 0.5) is 11.5 Å². The summed E-state index contributed by atoms with van der Waals surface area (Å²) in [6.45, 7) is 0. The third-order valence-corrected chi connectivity index (χ3v) is 1.96. The quantitative estimate of drug-likeness (QED) is 0.689. The summed E-state index contributed by atoms with van der Waals surface area (Å²) in [7, 11) is 0. The van der Waals surface area contributed by atoms with Crippen LogP contribution in [0.5, 0.6) is 0 Å². The Morgan fingerprint density at radius 3 is 2.64 bits per heavy atom. The second-order valence-corrected chi connectivity index (χ2v) is 3.10. The first-order chi connectivity index (χ1) is 6.68. The average Bonchev–Trinajstić information content (AvgIpc) is 2.48. The van der Waals surface area contributed by atoms with Crippen LogP contribution in [0, 0.1) is 0 Å². The number of nitrogens with two attached hydrogens (primary N) is 2. The molecule has 0 aliphatic carbocycles. The molecule has 0 aliphatic heterocycles. The Morgan fingerprint density at radius 1 is 1.29 bits per heavy atom. The van der Waals surface area contributed by atoms with Crippen molar-refractivity contribution in [3.05, 3.63) is 29.5 Å². The predicted molar refractivity (Wildman–Crippen MR) is 55.2 cm³/mol. The molecule has 4 N–H and O–H groups in total. The zero-order chi connectivity index (χ0) is 10.1. The molecular formula is C8H8ClN5. The molecule has 0 spiro atoms. The Bertz CT molecular complexity index is 465. The second kappa shape index (κ2) is 3.19. The molecule has 0 saturated carbocycles. The lowest BCUT2D eigenvalue weighted by Crippen LogP contribution is -2.04. The van der Waals surface area contributed by atoms with Crippen LogP contribution in [0.3, 0.4) is 0 Å². The fourth-order valence-electron chi connectivity index (χ4n) is 1.07. The molecule has 2 heterocycles. The number of pyridine rings is 1. The normalized spacial score (nSPS) is 10.4. The minimum Gasteiger partial charge on any atom is -0.394 e. The van der Waals surface area contributed by atoms with Gasteiger partial charge in [-0.3, -0.25) is 0 Å². The highest BCUT2D eigenvalue weighted by Crippen LogP contribution is 2.17. The van der Waals surface area contributed by atoms with Crippen LogP contribution in [0.15, 0.2) is 24.4 Å². The maximum atomic E-state index is 5.73. The van der Waals surface area contributed by atoms with E-state index in [9.17, 15) is 0 Å². The SMILES string of the molecule is Nc1cnn(-c2cccc(Cl)n2)c1N. The van der Waals surface area contributed by atoms with Gasteiger partial charge in [-0.2, -0.15) is 9.78 Å². The van der Waals surface area contributed by atoms with Gasteiger partial charge < -0.3 is 11.5 Å². The Labute approximate surface area is 85.3 Å². The number of anilines is 2. The van der Waals surface area contributed by atoms with Crippen molar-refractivity contribution in [2.45, 2.75) is 0 Å². The number of rotatable bonds is 1. The molecule has 0 amide bonds. The maximum absolute atomic E-state index is 5.73. The molecule has 5 nitrogen and oxygen atoms in total. The maximum Gasteiger partial charge on any atom is 0.157 e. The van der Waals surface area contributed by atoms with Gasteiger partial charge in [0, 0.05) is 0 Å². The monoisotopic (exact) mass is 209 g/mol. The standard InChI is InChI=1S/C8H8ClN5/c9-6-2-1-3-7(13-6)14-8(11)5(10)4-12-14/h1-4H,10-11H2. The van der Waals surface area contributed by atoms with Gasteiger partial charge >= 0.3 is 0 Å². The lowest BCUT2D eigenvalue weighted by atomic mass is 10.4. The van der Waals surface area contributed by atoms with Gasteiger partial charge in [0.05, 0.1) is 11.9 Å². The molecule has 2 aromatic rings. The van der Waals surface area contributed by atoms with Crippen molar-refractivity contribution in [3.8, 4) is 5.82 Å². The number of nitrogens with zero attached hydrogens (tertiary/aromatic N) is 3. The molecule has 72 valence electrons. The number of nitrogen functional groups attached to an aromatic ring is 2. The van der Waals surface area contributed by atoms with Gasteiger partial charge in [0.1, 0.15) is 5.15 Å². The van der Waals surface area contributed by atoms with Gasteiger partial charge in [0.2, 0.25) is 0 Å². The van der Waals surface area contributed by atoms with E-state index < -0.39 is 0 Å². The topological polar surface area (TPSA) is 82.8 Å². The van der Waals surface area contributed by atoms with Crippen LogP contribution in [0.2, 0.25) is 5.15 Å². The molecule has 2 aromatic heterocycles. The largest absolute Gasteiger partial charge is 0.394 e. The Kier molecular flexibility index (Phi) is 2.01. The Hall–Kier alpha value is -1.75. The fourth-order valence-corrected chi connectivity index (χ4v) is 1.23. The third kappa shape index (κ3) is 1.38. The molecule has 0 bridgehead atoms. The summed E-state index contributed by atoms with van der Waals surface area (Å²) in [5.74, 6) is 0.909. The molecule has 0 saturated heterocycles. The van der Waals surface area contributed by atoms with Gasteiger partial charge in [-0.05, 0) is 12.1 Å². The van der Waals surface area contributed by atoms with E-state index in [1.54, 1.807) is 18.2 Å². The summed E-state index contributed by atoms with van der Waals surface area (Å²) in [6.07, 6.45) is 1.47. The number of aromatic nitrogens is 3. The summed E-state index contributed by atoms with van der Waals surface area (Å²) >= 11 is 5.73. The van der Waals surface area contributed by atoms with Crippen molar-refractivity contribution in [2.75, 3.05) is 11.5 Å². The van der Waals surface area contributed by atoms with Crippen LogP contribution in [-0.4, -0.2) is 14.8 Å². The van der Waals surface area contributed by atoms with Gasteiger partial charge in [0.15, 0.2) is 11.6 Å². The van der Waals surface area contributed by atoms with Crippen molar-refractivity contribution in [1.82, 2.24) is 14.8 Å². The number of hydrogen-bond acceptors (Lipinski definition) is 4. The smallest absolute Gasteiger partial charge is 0.157 e. The average molecular weight is 210 g/mol. The molecular weight excluding hydrogens is 202 g/mol. The van der Waals surface area contributed by atoms with Crippen LogP contribution >= 0.6 is 11.6 Å². The summed E-state index contributed by atoms with van der Waals surface area (Å²) in [6, 6.07) is 5.19. The number of halogens is 1. The van der Waals surface area contributed by atoms with E-state index in [0.717, 1.165) is 0 Å².